The summed E-state index contributed by atoms with van der Waals surface area (Å²) in [6, 6.07) is 13.3. The molecule has 4 aromatic rings. The number of carbonyl (C=O) groups excluding carboxylic acids is 1. The maximum Gasteiger partial charge on any atom is 0.338 e. The summed E-state index contributed by atoms with van der Waals surface area (Å²) in [5, 5.41) is 11.7. The molecule has 1 aliphatic rings. The van der Waals surface area contributed by atoms with Gasteiger partial charge in [-0.1, -0.05) is 18.2 Å². The fourth-order valence-corrected chi connectivity index (χ4v) is 4.95. The number of carbonyl (C=O) groups is 1. The highest BCUT2D eigenvalue weighted by Gasteiger charge is 2.41. The van der Waals surface area contributed by atoms with Gasteiger partial charge in [0.25, 0.3) is 5.56 Å². The van der Waals surface area contributed by atoms with E-state index in [1.54, 1.807) is 17.9 Å². The highest BCUT2D eigenvalue weighted by atomic mass is 16.6. The van der Waals surface area contributed by atoms with E-state index in [4.69, 9.17) is 19.2 Å². The van der Waals surface area contributed by atoms with E-state index in [0.717, 1.165) is 28.0 Å². The highest BCUT2D eigenvalue weighted by Crippen LogP contribution is 2.37. The fraction of sp³-hybridized carbons (Fsp3) is 0.310. The molecular weight excluding hydrogens is 498 g/mol. The molecule has 0 spiro atoms. The Morgan fingerprint density at radius 1 is 1.13 bits per heavy atom. The summed E-state index contributed by atoms with van der Waals surface area (Å²) in [5.41, 5.74) is 2.13. The van der Waals surface area contributed by atoms with Crippen molar-refractivity contribution in [2.45, 2.75) is 38.3 Å². The van der Waals surface area contributed by atoms with Crippen LogP contribution in [0.3, 0.4) is 0 Å². The van der Waals surface area contributed by atoms with E-state index in [1.165, 1.54) is 14.2 Å². The molecule has 0 saturated carbocycles. The van der Waals surface area contributed by atoms with Crippen molar-refractivity contribution in [2.24, 2.45) is 0 Å². The fourth-order valence-electron chi connectivity index (χ4n) is 4.95. The third kappa shape index (κ3) is 5.15. The molecule has 0 bridgehead atoms. The van der Waals surface area contributed by atoms with Gasteiger partial charge in [0.1, 0.15) is 11.6 Å². The largest absolute Gasteiger partial charge is 0.497 e. The molecule has 2 N–H and O–H groups in total. The van der Waals surface area contributed by atoms with Gasteiger partial charge >= 0.3 is 5.97 Å². The molecule has 202 valence electrons. The summed E-state index contributed by atoms with van der Waals surface area (Å²) in [6.45, 7) is 2.32. The molecule has 1 unspecified atom stereocenters. The second-order valence-corrected chi connectivity index (χ2v) is 9.60. The average Bonchev–Trinajstić information content (AvgIpc) is 3.38. The van der Waals surface area contributed by atoms with Crippen molar-refractivity contribution >= 4 is 34.0 Å². The molecule has 0 fully saturated rings. The predicted octanol–water partition coefficient (Wildman–Crippen LogP) is 4.35. The molecule has 1 aliphatic carbocycles. The van der Waals surface area contributed by atoms with Crippen LogP contribution in [0.1, 0.15) is 36.2 Å². The number of esters is 1. The standard InChI is InChI=1S/C29H31N5O5/c1-18-15-24(33-32-18)30-23-16-21-11-14-34(17-19-5-7-22(37-2)8-6-19)27(35)25(21)26(31-23)20-9-12-29(39-4,13-10-20)28(36)38-3/h5-9,11,14-16H,10,12-13,17H2,1-4H3,(H2,30,31,32,33). The quantitative estimate of drug-likeness (QED) is 0.323. The zero-order valence-electron chi connectivity index (χ0n) is 22.4. The average molecular weight is 530 g/mol. The molecule has 39 heavy (non-hydrogen) atoms. The van der Waals surface area contributed by atoms with E-state index in [-0.39, 0.29) is 5.56 Å². The second kappa shape index (κ2) is 10.7. The van der Waals surface area contributed by atoms with Gasteiger partial charge in [-0.15, -0.1) is 0 Å². The van der Waals surface area contributed by atoms with Crippen LogP contribution < -0.4 is 15.6 Å². The number of benzene rings is 1. The summed E-state index contributed by atoms with van der Waals surface area (Å²) >= 11 is 0. The first-order chi connectivity index (χ1) is 18.9. The zero-order chi connectivity index (χ0) is 27.6. The number of pyridine rings is 2. The number of hydrogen-bond donors (Lipinski definition) is 2. The van der Waals surface area contributed by atoms with Gasteiger partial charge in [-0.2, -0.15) is 5.10 Å². The lowest BCUT2D eigenvalue weighted by molar-refractivity contribution is -0.166. The van der Waals surface area contributed by atoms with Crippen molar-refractivity contribution in [3.05, 3.63) is 82.0 Å². The predicted molar refractivity (Wildman–Crippen MR) is 148 cm³/mol. The van der Waals surface area contributed by atoms with Crippen LogP contribution in [0, 0.1) is 6.92 Å². The van der Waals surface area contributed by atoms with E-state index in [0.29, 0.717) is 48.5 Å². The maximum atomic E-state index is 13.9. The lowest BCUT2D eigenvalue weighted by atomic mass is 9.83. The van der Waals surface area contributed by atoms with E-state index < -0.39 is 11.6 Å². The van der Waals surface area contributed by atoms with E-state index in [1.807, 2.05) is 55.5 Å². The van der Waals surface area contributed by atoms with Crippen LogP contribution in [0.5, 0.6) is 5.75 Å². The van der Waals surface area contributed by atoms with Crippen LogP contribution in [0.4, 0.5) is 11.6 Å². The number of anilines is 2. The van der Waals surface area contributed by atoms with Crippen molar-refractivity contribution in [3.63, 3.8) is 0 Å². The lowest BCUT2D eigenvalue weighted by Gasteiger charge is -2.32. The van der Waals surface area contributed by atoms with Crippen LogP contribution in [-0.4, -0.2) is 52.6 Å². The Kier molecular flexibility index (Phi) is 7.21. The number of aromatic nitrogens is 4. The topological polar surface area (TPSA) is 120 Å². The molecule has 1 atom stereocenters. The van der Waals surface area contributed by atoms with Crippen molar-refractivity contribution < 1.29 is 19.0 Å². The summed E-state index contributed by atoms with van der Waals surface area (Å²) in [7, 11) is 4.49. The number of aryl methyl sites for hydroxylation is 1. The van der Waals surface area contributed by atoms with Crippen LogP contribution >= 0.6 is 0 Å². The number of fused-ring (bicyclic) bond motifs is 1. The molecule has 10 heteroatoms. The first-order valence-electron chi connectivity index (χ1n) is 12.6. The molecule has 1 aromatic carbocycles. The minimum absolute atomic E-state index is 0.148. The normalized spacial score (nSPS) is 17.1. The molecule has 0 aliphatic heterocycles. The molecule has 3 heterocycles. The Hall–Kier alpha value is -4.44. The number of nitrogens with one attached hydrogen (secondary N) is 2. The number of ether oxygens (including phenoxy) is 3. The third-order valence-corrected chi connectivity index (χ3v) is 7.16. The number of allylic oxidation sites excluding steroid dienone is 1. The zero-order valence-corrected chi connectivity index (χ0v) is 22.4. The van der Waals surface area contributed by atoms with Crippen LogP contribution in [-0.2, 0) is 20.8 Å². The minimum Gasteiger partial charge on any atom is -0.497 e. The van der Waals surface area contributed by atoms with Gasteiger partial charge in [0, 0.05) is 31.5 Å². The first kappa shape index (κ1) is 26.2. The number of hydrogen-bond acceptors (Lipinski definition) is 8. The van der Waals surface area contributed by atoms with Crippen molar-refractivity contribution in [1.29, 1.82) is 0 Å². The van der Waals surface area contributed by atoms with Crippen molar-refractivity contribution in [3.8, 4) is 5.75 Å². The molecule has 0 amide bonds. The number of rotatable bonds is 8. The molecule has 0 radical (unpaired) electrons. The van der Waals surface area contributed by atoms with Gasteiger partial charge in [-0.3, -0.25) is 9.89 Å². The number of methoxy groups -OCH3 is 3. The highest BCUT2D eigenvalue weighted by molar-refractivity contribution is 5.94. The van der Waals surface area contributed by atoms with Gasteiger partial charge in [0.15, 0.2) is 11.4 Å². The Morgan fingerprint density at radius 3 is 2.54 bits per heavy atom. The number of nitrogens with zero attached hydrogens (tertiary/aromatic N) is 3. The van der Waals surface area contributed by atoms with Gasteiger partial charge in [-0.25, -0.2) is 9.78 Å². The Labute approximate surface area is 225 Å². The van der Waals surface area contributed by atoms with Gasteiger partial charge in [0.2, 0.25) is 0 Å². The van der Waals surface area contributed by atoms with Crippen LogP contribution in [0.25, 0.3) is 16.3 Å². The molecule has 10 nitrogen and oxygen atoms in total. The molecule has 5 rings (SSSR count). The monoisotopic (exact) mass is 529 g/mol. The number of aromatic amines is 1. The Morgan fingerprint density at radius 2 is 1.92 bits per heavy atom. The Balaban J connectivity index is 1.59. The second-order valence-electron chi connectivity index (χ2n) is 9.60. The summed E-state index contributed by atoms with van der Waals surface area (Å²) in [6.07, 6.45) is 4.94. The van der Waals surface area contributed by atoms with Crippen molar-refractivity contribution in [1.82, 2.24) is 19.7 Å². The Bertz CT molecular complexity index is 1600. The van der Waals surface area contributed by atoms with Crippen LogP contribution in [0.2, 0.25) is 0 Å². The van der Waals surface area contributed by atoms with Gasteiger partial charge in [-0.05, 0) is 60.6 Å². The molecular formula is C29H31N5O5. The molecule has 0 saturated heterocycles. The first-order valence-corrected chi connectivity index (χ1v) is 12.6. The van der Waals surface area contributed by atoms with E-state index in [2.05, 4.69) is 15.5 Å². The summed E-state index contributed by atoms with van der Waals surface area (Å²) in [4.78, 5) is 31.2. The maximum absolute atomic E-state index is 13.9. The lowest BCUT2D eigenvalue weighted by Crippen LogP contribution is -2.42. The summed E-state index contributed by atoms with van der Waals surface area (Å²) < 4.78 is 17.5. The van der Waals surface area contributed by atoms with Gasteiger partial charge < -0.3 is 24.1 Å². The smallest absolute Gasteiger partial charge is 0.338 e. The van der Waals surface area contributed by atoms with Crippen LogP contribution in [0.15, 0.2) is 59.5 Å². The number of H-pyrrole nitrogens is 1. The minimum atomic E-state index is -1.05. The molecule has 3 aromatic heterocycles. The third-order valence-electron chi connectivity index (χ3n) is 7.16. The van der Waals surface area contributed by atoms with Gasteiger partial charge in [0.05, 0.1) is 31.8 Å². The van der Waals surface area contributed by atoms with E-state index in [9.17, 15) is 9.59 Å². The summed E-state index contributed by atoms with van der Waals surface area (Å²) in [5.74, 6) is 1.53. The van der Waals surface area contributed by atoms with E-state index >= 15 is 0 Å². The SMILES string of the molecule is COC(=O)C1(OC)CC=C(c2nc(Nc3cc(C)[nH]n3)cc3ccn(Cc4ccc(OC)cc4)c(=O)c23)CC1. The van der Waals surface area contributed by atoms with Crippen molar-refractivity contribution in [2.75, 3.05) is 26.6 Å².